The van der Waals surface area contributed by atoms with Gasteiger partial charge in [0.25, 0.3) is 0 Å². The molecule has 1 aromatic carbocycles. The van der Waals surface area contributed by atoms with Crippen LogP contribution in [0.1, 0.15) is 44.1 Å². The van der Waals surface area contributed by atoms with Crippen LogP contribution >= 0.6 is 0 Å². The van der Waals surface area contributed by atoms with Gasteiger partial charge < -0.3 is 15.8 Å². The second-order valence-corrected chi connectivity index (χ2v) is 7.13. The van der Waals surface area contributed by atoms with E-state index in [9.17, 15) is 4.79 Å². The smallest absolute Gasteiger partial charge is 0.220 e. The second kappa shape index (κ2) is 7.35. The Morgan fingerprint density at radius 3 is 2.74 bits per heavy atom. The molecule has 2 aliphatic rings. The first-order valence-electron chi connectivity index (χ1n) is 8.83. The van der Waals surface area contributed by atoms with E-state index in [0.29, 0.717) is 30.3 Å². The third kappa shape index (κ3) is 4.05. The molecule has 0 radical (unpaired) electrons. The summed E-state index contributed by atoms with van der Waals surface area (Å²) in [5.41, 5.74) is 7.30. The molecule has 126 valence electrons. The number of carbonyl (C=O) groups excluding carboxylic acids is 1. The minimum absolute atomic E-state index is 0.171. The summed E-state index contributed by atoms with van der Waals surface area (Å²) in [6, 6.07) is 8.62. The number of rotatable bonds is 5. The van der Waals surface area contributed by atoms with Crippen molar-refractivity contribution in [3.63, 3.8) is 0 Å². The third-order valence-electron chi connectivity index (χ3n) is 5.48. The normalized spacial score (nSPS) is 29.8. The first-order chi connectivity index (χ1) is 11.2. The molecular weight excluding hydrogens is 288 g/mol. The SMILES string of the molecule is COc1cccc(CCC(=O)NC2C3CCCC2CC(N)C3)c1. The molecule has 4 heteroatoms. The lowest BCUT2D eigenvalue weighted by Gasteiger charge is -2.45. The van der Waals surface area contributed by atoms with Crippen molar-refractivity contribution in [2.24, 2.45) is 17.6 Å². The summed E-state index contributed by atoms with van der Waals surface area (Å²) in [6.07, 6.45) is 7.14. The molecular formula is C19H28N2O2. The summed E-state index contributed by atoms with van der Waals surface area (Å²) in [7, 11) is 1.67. The van der Waals surface area contributed by atoms with Gasteiger partial charge in [-0.05, 0) is 61.6 Å². The van der Waals surface area contributed by atoms with E-state index in [4.69, 9.17) is 10.5 Å². The Morgan fingerprint density at radius 2 is 2.04 bits per heavy atom. The Kier molecular flexibility index (Phi) is 5.21. The Hall–Kier alpha value is -1.55. The van der Waals surface area contributed by atoms with Gasteiger partial charge in [0, 0.05) is 18.5 Å². The minimum Gasteiger partial charge on any atom is -0.497 e. The Bertz CT molecular complexity index is 532. The first-order valence-corrected chi connectivity index (χ1v) is 8.83. The lowest BCUT2D eigenvalue weighted by Crippen LogP contribution is -2.53. The second-order valence-electron chi connectivity index (χ2n) is 7.13. The van der Waals surface area contributed by atoms with Gasteiger partial charge in [-0.2, -0.15) is 0 Å². The van der Waals surface area contributed by atoms with Gasteiger partial charge in [-0.25, -0.2) is 0 Å². The van der Waals surface area contributed by atoms with Gasteiger partial charge in [-0.15, -0.1) is 0 Å². The van der Waals surface area contributed by atoms with Crippen LogP contribution in [0.3, 0.4) is 0 Å². The summed E-state index contributed by atoms with van der Waals surface area (Å²) in [5, 5.41) is 3.31. The van der Waals surface area contributed by atoms with Crippen molar-refractivity contribution in [3.8, 4) is 5.75 Å². The quantitative estimate of drug-likeness (QED) is 0.878. The fourth-order valence-corrected chi connectivity index (χ4v) is 4.37. The number of carbonyl (C=O) groups is 1. The van der Waals surface area contributed by atoms with E-state index >= 15 is 0 Å². The number of nitrogens with two attached hydrogens (primary N) is 1. The highest BCUT2D eigenvalue weighted by Crippen LogP contribution is 2.39. The summed E-state index contributed by atoms with van der Waals surface area (Å²) >= 11 is 0. The van der Waals surface area contributed by atoms with Crippen LogP contribution in [0.15, 0.2) is 24.3 Å². The topological polar surface area (TPSA) is 64.3 Å². The summed E-state index contributed by atoms with van der Waals surface area (Å²) < 4.78 is 5.23. The van der Waals surface area contributed by atoms with Crippen LogP contribution < -0.4 is 15.8 Å². The van der Waals surface area contributed by atoms with E-state index in [1.54, 1.807) is 7.11 Å². The number of methoxy groups -OCH3 is 1. The molecule has 2 fully saturated rings. The van der Waals surface area contributed by atoms with Crippen LogP contribution in [0.5, 0.6) is 5.75 Å². The number of nitrogens with one attached hydrogen (secondary N) is 1. The number of amides is 1. The molecule has 2 aliphatic carbocycles. The van der Waals surface area contributed by atoms with Crippen LogP contribution in [0.2, 0.25) is 0 Å². The number of benzene rings is 1. The van der Waals surface area contributed by atoms with Crippen LogP contribution in [0.4, 0.5) is 0 Å². The van der Waals surface area contributed by atoms with E-state index in [0.717, 1.165) is 30.6 Å². The van der Waals surface area contributed by atoms with Crippen molar-refractivity contribution < 1.29 is 9.53 Å². The van der Waals surface area contributed by atoms with E-state index < -0.39 is 0 Å². The van der Waals surface area contributed by atoms with Crippen LogP contribution in [-0.2, 0) is 11.2 Å². The molecule has 0 heterocycles. The molecule has 2 saturated carbocycles. The van der Waals surface area contributed by atoms with Gasteiger partial charge in [-0.1, -0.05) is 18.6 Å². The van der Waals surface area contributed by atoms with Gasteiger partial charge in [0.05, 0.1) is 7.11 Å². The third-order valence-corrected chi connectivity index (χ3v) is 5.48. The maximum Gasteiger partial charge on any atom is 0.220 e. The monoisotopic (exact) mass is 316 g/mol. The van der Waals surface area contributed by atoms with E-state index in [1.165, 1.54) is 19.3 Å². The average Bonchev–Trinajstić information content (AvgIpc) is 2.54. The number of ether oxygens (including phenoxy) is 1. The molecule has 23 heavy (non-hydrogen) atoms. The Labute approximate surface area is 138 Å². The lowest BCUT2D eigenvalue weighted by molar-refractivity contribution is -0.123. The van der Waals surface area contributed by atoms with Gasteiger partial charge in [0.15, 0.2) is 0 Å². The Balaban J connectivity index is 1.53. The van der Waals surface area contributed by atoms with Gasteiger partial charge >= 0.3 is 0 Å². The number of fused-ring (bicyclic) bond motifs is 2. The largest absolute Gasteiger partial charge is 0.497 e. The van der Waals surface area contributed by atoms with Crippen LogP contribution in [-0.4, -0.2) is 25.1 Å². The first kappa shape index (κ1) is 16.3. The molecule has 3 rings (SSSR count). The van der Waals surface area contributed by atoms with Crippen molar-refractivity contribution in [3.05, 3.63) is 29.8 Å². The van der Waals surface area contributed by atoms with Crippen molar-refractivity contribution in [2.75, 3.05) is 7.11 Å². The standard InChI is InChI=1S/C19H28N2O2/c1-23-17-7-2-4-13(10-17)8-9-18(22)21-19-14-5-3-6-15(19)12-16(20)11-14/h2,4,7,10,14-16,19H,3,5-6,8-9,11-12,20H2,1H3,(H,21,22). The molecule has 3 N–H and O–H groups in total. The van der Waals surface area contributed by atoms with E-state index in [2.05, 4.69) is 5.32 Å². The highest BCUT2D eigenvalue weighted by Gasteiger charge is 2.39. The summed E-state index contributed by atoms with van der Waals surface area (Å²) in [4.78, 5) is 12.4. The average molecular weight is 316 g/mol. The van der Waals surface area contributed by atoms with Crippen LogP contribution in [0, 0.1) is 11.8 Å². The zero-order valence-electron chi connectivity index (χ0n) is 14.0. The van der Waals surface area contributed by atoms with Crippen LogP contribution in [0.25, 0.3) is 0 Å². The van der Waals surface area contributed by atoms with Gasteiger partial charge in [-0.3, -0.25) is 4.79 Å². The van der Waals surface area contributed by atoms with Crippen molar-refractivity contribution in [2.45, 2.75) is 57.0 Å². The van der Waals surface area contributed by atoms with Crippen molar-refractivity contribution in [1.82, 2.24) is 5.32 Å². The summed E-state index contributed by atoms with van der Waals surface area (Å²) in [5.74, 6) is 2.18. The van der Waals surface area contributed by atoms with Crippen molar-refractivity contribution >= 4 is 5.91 Å². The summed E-state index contributed by atoms with van der Waals surface area (Å²) in [6.45, 7) is 0. The maximum absolute atomic E-state index is 12.4. The minimum atomic E-state index is 0.171. The maximum atomic E-state index is 12.4. The molecule has 2 unspecified atom stereocenters. The zero-order chi connectivity index (χ0) is 16.2. The molecule has 0 spiro atoms. The highest BCUT2D eigenvalue weighted by molar-refractivity contribution is 5.76. The molecule has 0 aliphatic heterocycles. The molecule has 0 saturated heterocycles. The highest BCUT2D eigenvalue weighted by atomic mass is 16.5. The molecule has 0 aromatic heterocycles. The van der Waals surface area contributed by atoms with E-state index in [-0.39, 0.29) is 5.91 Å². The fourth-order valence-electron chi connectivity index (χ4n) is 4.37. The zero-order valence-corrected chi connectivity index (χ0v) is 14.0. The van der Waals surface area contributed by atoms with Crippen molar-refractivity contribution in [1.29, 1.82) is 0 Å². The number of hydrogen-bond acceptors (Lipinski definition) is 3. The Morgan fingerprint density at radius 1 is 1.30 bits per heavy atom. The molecule has 4 nitrogen and oxygen atoms in total. The fraction of sp³-hybridized carbons (Fsp3) is 0.632. The molecule has 1 amide bonds. The molecule has 2 atom stereocenters. The number of aryl methyl sites for hydroxylation is 1. The van der Waals surface area contributed by atoms with Gasteiger partial charge in [0.1, 0.15) is 5.75 Å². The lowest BCUT2D eigenvalue weighted by atomic mass is 9.67. The van der Waals surface area contributed by atoms with Gasteiger partial charge in [0.2, 0.25) is 5.91 Å². The predicted molar refractivity (Wildman–Crippen MR) is 91.3 cm³/mol. The molecule has 1 aromatic rings. The molecule has 2 bridgehead atoms. The predicted octanol–water partition coefficient (Wildman–Crippen LogP) is 2.65. The van der Waals surface area contributed by atoms with E-state index in [1.807, 2.05) is 24.3 Å². The number of hydrogen-bond donors (Lipinski definition) is 2.